The molecule has 0 atom stereocenters. The molecule has 0 saturated carbocycles. The lowest BCUT2D eigenvalue weighted by Gasteiger charge is -2.03. The molecule has 2 heterocycles. The minimum atomic E-state index is -1.26. The van der Waals surface area contributed by atoms with Gasteiger partial charge in [0.15, 0.2) is 0 Å². The summed E-state index contributed by atoms with van der Waals surface area (Å²) in [5, 5.41) is 10.5. The standard InChI is InChI=1S/C18H14N2O3/c21-18(22)13-23-12-15-16(10-9-14-6-2-1-3-7-14)20-11-5-4-8-17(20)19-15/h1-8,11H,12-13H2,(H,21,22)/p-1. The Morgan fingerprint density at radius 1 is 1.13 bits per heavy atom. The first-order valence-electron chi connectivity index (χ1n) is 7.04. The van der Waals surface area contributed by atoms with E-state index in [1.54, 1.807) is 0 Å². The fraction of sp³-hybridized carbons (Fsp3) is 0.111. The molecule has 0 unspecified atom stereocenters. The summed E-state index contributed by atoms with van der Waals surface area (Å²) in [5.41, 5.74) is 2.90. The van der Waals surface area contributed by atoms with Crippen LogP contribution in [0.2, 0.25) is 0 Å². The summed E-state index contributed by atoms with van der Waals surface area (Å²) in [6, 6.07) is 15.2. The van der Waals surface area contributed by atoms with Crippen LogP contribution >= 0.6 is 0 Å². The van der Waals surface area contributed by atoms with Crippen LogP contribution in [0.3, 0.4) is 0 Å². The highest BCUT2D eigenvalue weighted by Crippen LogP contribution is 2.13. The highest BCUT2D eigenvalue weighted by atomic mass is 16.5. The van der Waals surface area contributed by atoms with Crippen molar-refractivity contribution < 1.29 is 14.6 Å². The number of carbonyl (C=O) groups excluding carboxylic acids is 1. The molecule has 0 N–H and O–H groups in total. The van der Waals surface area contributed by atoms with Crippen LogP contribution in [-0.4, -0.2) is 22.0 Å². The number of carboxylic acids is 1. The number of rotatable bonds is 4. The first-order valence-corrected chi connectivity index (χ1v) is 7.04. The molecular weight excluding hydrogens is 292 g/mol. The Hall–Kier alpha value is -3.10. The normalized spacial score (nSPS) is 10.3. The lowest BCUT2D eigenvalue weighted by atomic mass is 10.2. The molecule has 0 saturated heterocycles. The third-order valence-electron chi connectivity index (χ3n) is 3.16. The van der Waals surface area contributed by atoms with E-state index in [0.717, 1.165) is 11.2 Å². The maximum absolute atomic E-state index is 10.5. The lowest BCUT2D eigenvalue weighted by Crippen LogP contribution is -2.27. The summed E-state index contributed by atoms with van der Waals surface area (Å²) in [6.07, 6.45) is 1.86. The number of ether oxygens (including phenoxy) is 1. The number of benzene rings is 1. The number of fused-ring (bicyclic) bond motifs is 1. The van der Waals surface area contributed by atoms with E-state index in [4.69, 9.17) is 4.74 Å². The van der Waals surface area contributed by atoms with Crippen molar-refractivity contribution in [3.05, 3.63) is 71.7 Å². The van der Waals surface area contributed by atoms with Gasteiger partial charge in [-0.3, -0.25) is 4.40 Å². The Labute approximate surface area is 133 Å². The summed E-state index contributed by atoms with van der Waals surface area (Å²) in [7, 11) is 0. The van der Waals surface area contributed by atoms with Crippen LogP contribution in [-0.2, 0) is 16.1 Å². The van der Waals surface area contributed by atoms with Crippen LogP contribution in [0.4, 0.5) is 0 Å². The summed E-state index contributed by atoms with van der Waals surface area (Å²) in [5.74, 6) is 4.92. The van der Waals surface area contributed by atoms with E-state index in [2.05, 4.69) is 16.8 Å². The molecule has 114 valence electrons. The van der Waals surface area contributed by atoms with Gasteiger partial charge in [0.1, 0.15) is 17.0 Å². The second kappa shape index (κ2) is 6.77. The molecule has 0 aliphatic heterocycles. The van der Waals surface area contributed by atoms with Crippen LogP contribution in [0, 0.1) is 11.8 Å². The van der Waals surface area contributed by atoms with Gasteiger partial charge in [-0.2, -0.15) is 0 Å². The minimum Gasteiger partial charge on any atom is -0.548 e. The Kier molecular flexibility index (Phi) is 4.37. The number of hydrogen-bond acceptors (Lipinski definition) is 4. The Balaban J connectivity index is 1.96. The van der Waals surface area contributed by atoms with Crippen molar-refractivity contribution >= 4 is 11.6 Å². The van der Waals surface area contributed by atoms with E-state index in [0.29, 0.717) is 11.4 Å². The van der Waals surface area contributed by atoms with Crippen LogP contribution < -0.4 is 5.11 Å². The molecule has 23 heavy (non-hydrogen) atoms. The molecule has 0 radical (unpaired) electrons. The van der Waals surface area contributed by atoms with Gasteiger partial charge in [-0.05, 0) is 30.2 Å². The van der Waals surface area contributed by atoms with Crippen molar-refractivity contribution in [1.29, 1.82) is 0 Å². The molecule has 3 rings (SSSR count). The SMILES string of the molecule is O=C([O-])COCc1nc2ccccn2c1C#Cc1ccccc1. The summed E-state index contributed by atoms with van der Waals surface area (Å²) in [4.78, 5) is 14.9. The average molecular weight is 305 g/mol. The molecule has 0 fully saturated rings. The van der Waals surface area contributed by atoms with Gasteiger partial charge in [0, 0.05) is 11.8 Å². The van der Waals surface area contributed by atoms with Gasteiger partial charge >= 0.3 is 0 Å². The van der Waals surface area contributed by atoms with Crippen molar-refractivity contribution in [2.24, 2.45) is 0 Å². The summed E-state index contributed by atoms with van der Waals surface area (Å²) < 4.78 is 6.95. The van der Waals surface area contributed by atoms with Crippen molar-refractivity contribution in [2.75, 3.05) is 6.61 Å². The fourth-order valence-electron chi connectivity index (χ4n) is 2.16. The fourth-order valence-corrected chi connectivity index (χ4v) is 2.16. The van der Waals surface area contributed by atoms with Crippen LogP contribution in [0.5, 0.6) is 0 Å². The first kappa shape index (κ1) is 14.8. The molecule has 2 aromatic heterocycles. The third kappa shape index (κ3) is 3.57. The number of carbonyl (C=O) groups is 1. The van der Waals surface area contributed by atoms with Crippen molar-refractivity contribution in [1.82, 2.24) is 9.38 Å². The maximum Gasteiger partial charge on any atom is 0.138 e. The largest absolute Gasteiger partial charge is 0.548 e. The van der Waals surface area contributed by atoms with E-state index in [1.807, 2.05) is 59.1 Å². The number of pyridine rings is 1. The van der Waals surface area contributed by atoms with Crippen LogP contribution in [0.25, 0.3) is 5.65 Å². The zero-order valence-electron chi connectivity index (χ0n) is 12.2. The molecule has 5 heteroatoms. The Morgan fingerprint density at radius 3 is 2.70 bits per heavy atom. The number of nitrogens with zero attached hydrogens (tertiary/aromatic N) is 2. The molecule has 0 amide bonds. The molecule has 5 nitrogen and oxygen atoms in total. The highest BCUT2D eigenvalue weighted by Gasteiger charge is 2.10. The summed E-state index contributed by atoms with van der Waals surface area (Å²) in [6.45, 7) is -0.409. The smallest absolute Gasteiger partial charge is 0.138 e. The summed E-state index contributed by atoms with van der Waals surface area (Å²) >= 11 is 0. The van der Waals surface area contributed by atoms with E-state index < -0.39 is 12.6 Å². The van der Waals surface area contributed by atoms with E-state index in [1.165, 1.54) is 0 Å². The van der Waals surface area contributed by atoms with Crippen molar-refractivity contribution in [2.45, 2.75) is 6.61 Å². The molecular formula is C18H13N2O3-. The zero-order valence-corrected chi connectivity index (χ0v) is 12.2. The second-order valence-electron chi connectivity index (χ2n) is 4.82. The van der Waals surface area contributed by atoms with Gasteiger partial charge < -0.3 is 14.6 Å². The predicted octanol–water partition coefficient (Wildman–Crippen LogP) is 1.00. The van der Waals surface area contributed by atoms with Gasteiger partial charge in [-0.25, -0.2) is 4.98 Å². The number of hydrogen-bond donors (Lipinski definition) is 0. The number of imidazole rings is 1. The zero-order chi connectivity index (χ0) is 16.1. The number of carboxylic acid groups (broad SMARTS) is 1. The third-order valence-corrected chi connectivity index (χ3v) is 3.16. The number of aromatic nitrogens is 2. The Bertz CT molecular complexity index is 889. The van der Waals surface area contributed by atoms with Crippen molar-refractivity contribution in [3.8, 4) is 11.8 Å². The van der Waals surface area contributed by atoms with Gasteiger partial charge in [0.2, 0.25) is 0 Å². The van der Waals surface area contributed by atoms with Crippen molar-refractivity contribution in [3.63, 3.8) is 0 Å². The molecule has 0 bridgehead atoms. The van der Waals surface area contributed by atoms with Crippen LogP contribution in [0.15, 0.2) is 54.7 Å². The first-order chi connectivity index (χ1) is 11.2. The molecule has 1 aromatic carbocycles. The predicted molar refractivity (Wildman–Crippen MR) is 82.3 cm³/mol. The molecule has 0 aliphatic rings. The quantitative estimate of drug-likeness (QED) is 0.675. The van der Waals surface area contributed by atoms with E-state index in [-0.39, 0.29) is 6.61 Å². The van der Waals surface area contributed by atoms with Gasteiger partial charge in [-0.1, -0.05) is 30.2 Å². The second-order valence-corrected chi connectivity index (χ2v) is 4.82. The molecule has 0 aliphatic carbocycles. The van der Waals surface area contributed by atoms with Gasteiger partial charge in [0.25, 0.3) is 0 Å². The molecule has 0 spiro atoms. The lowest BCUT2D eigenvalue weighted by molar-refractivity contribution is -0.309. The van der Waals surface area contributed by atoms with E-state index >= 15 is 0 Å². The minimum absolute atomic E-state index is 0.0640. The Morgan fingerprint density at radius 2 is 1.91 bits per heavy atom. The monoisotopic (exact) mass is 305 g/mol. The van der Waals surface area contributed by atoms with E-state index in [9.17, 15) is 9.90 Å². The maximum atomic E-state index is 10.5. The average Bonchev–Trinajstić information content (AvgIpc) is 2.91. The topological polar surface area (TPSA) is 66.7 Å². The molecule has 3 aromatic rings. The highest BCUT2D eigenvalue weighted by molar-refractivity contribution is 5.65. The van der Waals surface area contributed by atoms with Crippen LogP contribution in [0.1, 0.15) is 17.0 Å². The van der Waals surface area contributed by atoms with Gasteiger partial charge in [0.05, 0.1) is 19.2 Å². The van der Waals surface area contributed by atoms with Gasteiger partial charge in [-0.15, -0.1) is 0 Å². The number of aliphatic carboxylic acids is 1.